The molecule has 0 aliphatic rings. The Bertz CT molecular complexity index is 241. The molecule has 0 aliphatic heterocycles. The van der Waals surface area contributed by atoms with Crippen molar-refractivity contribution in [2.75, 3.05) is 26.4 Å². The molecule has 0 rings (SSSR count). The molecule has 18 heavy (non-hydrogen) atoms. The molecule has 0 bridgehead atoms. The summed E-state index contributed by atoms with van der Waals surface area (Å²) in [4.78, 5) is 10.7. The van der Waals surface area contributed by atoms with Crippen LogP contribution in [0, 0.1) is 0 Å². The summed E-state index contributed by atoms with van der Waals surface area (Å²) in [5, 5.41) is 18.4. The fourth-order valence-electron chi connectivity index (χ4n) is 1.01. The van der Waals surface area contributed by atoms with Crippen LogP contribution >= 0.6 is 0 Å². The van der Waals surface area contributed by atoms with Crippen LogP contribution < -0.4 is 0 Å². The quantitative estimate of drug-likeness (QED) is 0.422. The SMILES string of the molecule is C=CC(=O)OCC(O)COC(C)COCC(C)O. The van der Waals surface area contributed by atoms with Crippen molar-refractivity contribution in [3.63, 3.8) is 0 Å². The first-order valence-corrected chi connectivity index (χ1v) is 5.80. The van der Waals surface area contributed by atoms with E-state index in [1.807, 2.05) is 0 Å². The van der Waals surface area contributed by atoms with Crippen LogP contribution in [-0.4, -0.2) is 60.9 Å². The summed E-state index contributed by atoms with van der Waals surface area (Å²) >= 11 is 0. The van der Waals surface area contributed by atoms with Crippen molar-refractivity contribution >= 4 is 5.97 Å². The molecule has 0 saturated heterocycles. The van der Waals surface area contributed by atoms with Gasteiger partial charge in [-0.15, -0.1) is 0 Å². The van der Waals surface area contributed by atoms with E-state index in [2.05, 4.69) is 11.3 Å². The third-order valence-corrected chi connectivity index (χ3v) is 1.87. The normalized spacial score (nSPS) is 15.8. The van der Waals surface area contributed by atoms with E-state index in [-0.39, 0.29) is 25.9 Å². The van der Waals surface area contributed by atoms with Crippen molar-refractivity contribution in [3.05, 3.63) is 12.7 Å². The van der Waals surface area contributed by atoms with Gasteiger partial charge in [0.05, 0.1) is 32.0 Å². The molecule has 6 nitrogen and oxygen atoms in total. The van der Waals surface area contributed by atoms with E-state index >= 15 is 0 Å². The van der Waals surface area contributed by atoms with Gasteiger partial charge in [-0.2, -0.15) is 0 Å². The van der Waals surface area contributed by atoms with Crippen LogP contribution in [0.2, 0.25) is 0 Å². The van der Waals surface area contributed by atoms with Crippen molar-refractivity contribution in [2.45, 2.75) is 32.2 Å². The molecule has 0 heterocycles. The zero-order valence-electron chi connectivity index (χ0n) is 10.9. The summed E-state index contributed by atoms with van der Waals surface area (Å²) in [5.41, 5.74) is 0. The van der Waals surface area contributed by atoms with E-state index < -0.39 is 18.2 Å². The summed E-state index contributed by atoms with van der Waals surface area (Å²) in [5.74, 6) is -0.581. The molecule has 6 heteroatoms. The first-order valence-electron chi connectivity index (χ1n) is 5.80. The minimum atomic E-state index is -0.881. The van der Waals surface area contributed by atoms with Crippen molar-refractivity contribution in [3.8, 4) is 0 Å². The second-order valence-corrected chi connectivity index (χ2v) is 4.02. The van der Waals surface area contributed by atoms with Crippen LogP contribution in [0.3, 0.4) is 0 Å². The molecule has 3 atom stereocenters. The lowest BCUT2D eigenvalue weighted by Gasteiger charge is -2.16. The van der Waals surface area contributed by atoms with Crippen LogP contribution in [0.25, 0.3) is 0 Å². The first-order chi connectivity index (χ1) is 8.45. The number of esters is 1. The Morgan fingerprint density at radius 2 is 1.89 bits per heavy atom. The standard InChI is InChI=1S/C12H22O6/c1-4-12(15)18-8-11(14)7-17-10(3)6-16-5-9(2)13/h4,9-11,13-14H,1,5-8H2,2-3H3. The number of aliphatic hydroxyl groups is 2. The minimum absolute atomic E-state index is 0.0453. The Labute approximate surface area is 107 Å². The number of carbonyl (C=O) groups is 1. The fourth-order valence-corrected chi connectivity index (χ4v) is 1.01. The van der Waals surface area contributed by atoms with Gasteiger partial charge in [-0.3, -0.25) is 0 Å². The van der Waals surface area contributed by atoms with E-state index in [1.165, 1.54) is 0 Å². The van der Waals surface area contributed by atoms with Crippen LogP contribution in [0.1, 0.15) is 13.8 Å². The van der Waals surface area contributed by atoms with Gasteiger partial charge in [0.2, 0.25) is 0 Å². The maximum absolute atomic E-state index is 10.7. The Kier molecular flexibility index (Phi) is 9.49. The van der Waals surface area contributed by atoms with E-state index in [9.17, 15) is 9.90 Å². The smallest absolute Gasteiger partial charge is 0.330 e. The summed E-state index contributed by atoms with van der Waals surface area (Å²) in [6.07, 6.45) is -0.581. The average Bonchev–Trinajstić information content (AvgIpc) is 2.32. The van der Waals surface area contributed by atoms with Crippen LogP contribution in [-0.2, 0) is 19.0 Å². The minimum Gasteiger partial charge on any atom is -0.460 e. The highest BCUT2D eigenvalue weighted by molar-refractivity contribution is 5.81. The molecule has 0 fully saturated rings. The zero-order chi connectivity index (χ0) is 14.0. The molecule has 0 saturated carbocycles. The van der Waals surface area contributed by atoms with Crippen molar-refractivity contribution in [1.82, 2.24) is 0 Å². The van der Waals surface area contributed by atoms with Gasteiger partial charge in [0.15, 0.2) is 0 Å². The third-order valence-electron chi connectivity index (χ3n) is 1.87. The van der Waals surface area contributed by atoms with Gasteiger partial charge in [-0.25, -0.2) is 4.79 Å². The molecule has 106 valence electrons. The molecule has 0 amide bonds. The molecular weight excluding hydrogens is 240 g/mol. The predicted octanol–water partition coefficient (Wildman–Crippen LogP) is -0.121. The van der Waals surface area contributed by atoms with Crippen molar-refractivity contribution in [1.29, 1.82) is 0 Å². The lowest BCUT2D eigenvalue weighted by molar-refractivity contribution is -0.142. The predicted molar refractivity (Wildman–Crippen MR) is 65.1 cm³/mol. The molecule has 0 aromatic rings. The van der Waals surface area contributed by atoms with E-state index in [1.54, 1.807) is 13.8 Å². The van der Waals surface area contributed by atoms with Crippen molar-refractivity contribution < 1.29 is 29.2 Å². The van der Waals surface area contributed by atoms with E-state index in [0.29, 0.717) is 6.61 Å². The summed E-state index contributed by atoms with van der Waals surface area (Å²) in [7, 11) is 0. The number of ether oxygens (including phenoxy) is 3. The highest BCUT2D eigenvalue weighted by Gasteiger charge is 2.10. The number of carbonyl (C=O) groups excluding carboxylic acids is 1. The van der Waals surface area contributed by atoms with E-state index in [4.69, 9.17) is 14.6 Å². The van der Waals surface area contributed by atoms with Crippen LogP contribution in [0.4, 0.5) is 0 Å². The average molecular weight is 262 g/mol. The highest BCUT2D eigenvalue weighted by Crippen LogP contribution is 1.97. The van der Waals surface area contributed by atoms with Gasteiger partial charge < -0.3 is 24.4 Å². The van der Waals surface area contributed by atoms with Gasteiger partial charge >= 0.3 is 5.97 Å². The Morgan fingerprint density at radius 3 is 2.44 bits per heavy atom. The fraction of sp³-hybridized carbons (Fsp3) is 0.750. The summed E-state index contributed by atoms with van der Waals surface area (Å²) < 4.78 is 15.1. The van der Waals surface area contributed by atoms with Crippen LogP contribution in [0.5, 0.6) is 0 Å². The molecule has 0 aromatic heterocycles. The van der Waals surface area contributed by atoms with Gasteiger partial charge in [0.25, 0.3) is 0 Å². The molecular formula is C12H22O6. The first kappa shape index (κ1) is 17.1. The number of rotatable bonds is 10. The zero-order valence-corrected chi connectivity index (χ0v) is 10.9. The van der Waals surface area contributed by atoms with Gasteiger partial charge in [-0.1, -0.05) is 6.58 Å². The number of hydrogen-bond donors (Lipinski definition) is 2. The van der Waals surface area contributed by atoms with Gasteiger partial charge in [0, 0.05) is 6.08 Å². The maximum atomic E-state index is 10.7. The van der Waals surface area contributed by atoms with Gasteiger partial charge in [-0.05, 0) is 13.8 Å². The lowest BCUT2D eigenvalue weighted by atomic mass is 10.4. The monoisotopic (exact) mass is 262 g/mol. The molecule has 2 N–H and O–H groups in total. The summed E-state index contributed by atoms with van der Waals surface area (Å²) in [6, 6.07) is 0. The Balaban J connectivity index is 3.55. The van der Waals surface area contributed by atoms with Crippen LogP contribution in [0.15, 0.2) is 12.7 Å². The molecule has 0 spiro atoms. The van der Waals surface area contributed by atoms with Crippen molar-refractivity contribution in [2.24, 2.45) is 0 Å². The third kappa shape index (κ3) is 10.2. The second-order valence-electron chi connectivity index (χ2n) is 4.02. The molecule has 0 aromatic carbocycles. The number of hydrogen-bond acceptors (Lipinski definition) is 6. The summed E-state index contributed by atoms with van der Waals surface area (Å²) in [6.45, 7) is 7.13. The largest absolute Gasteiger partial charge is 0.460 e. The molecule has 0 radical (unpaired) electrons. The van der Waals surface area contributed by atoms with Gasteiger partial charge in [0.1, 0.15) is 12.7 Å². The topological polar surface area (TPSA) is 85.2 Å². The Morgan fingerprint density at radius 1 is 1.22 bits per heavy atom. The number of aliphatic hydroxyl groups excluding tert-OH is 2. The van der Waals surface area contributed by atoms with E-state index in [0.717, 1.165) is 6.08 Å². The molecule has 0 aliphatic carbocycles. The lowest BCUT2D eigenvalue weighted by Crippen LogP contribution is -2.28. The molecule has 3 unspecified atom stereocenters. The second kappa shape index (κ2) is 10.0. The highest BCUT2D eigenvalue weighted by atomic mass is 16.6. The Hall–Kier alpha value is -0.950. The maximum Gasteiger partial charge on any atom is 0.330 e.